The van der Waals surface area contributed by atoms with Gasteiger partial charge in [0.1, 0.15) is 11.9 Å². The molecule has 1 unspecified atom stereocenters. The zero-order valence-electron chi connectivity index (χ0n) is 12.6. The van der Waals surface area contributed by atoms with Crippen LogP contribution in [0.1, 0.15) is 18.9 Å². The van der Waals surface area contributed by atoms with Crippen LogP contribution in [-0.4, -0.2) is 18.2 Å². The van der Waals surface area contributed by atoms with Gasteiger partial charge >= 0.3 is 0 Å². The molecule has 0 spiro atoms. The van der Waals surface area contributed by atoms with Gasteiger partial charge in [-0.2, -0.15) is 5.10 Å². The topological polar surface area (TPSA) is 53.5 Å². The van der Waals surface area contributed by atoms with Crippen molar-refractivity contribution in [2.75, 3.05) is 5.32 Å². The van der Waals surface area contributed by atoms with Gasteiger partial charge in [-0.3, -0.25) is 4.79 Å². The van der Waals surface area contributed by atoms with E-state index in [1.165, 1.54) is 18.3 Å². The van der Waals surface area contributed by atoms with Crippen molar-refractivity contribution >= 4 is 33.7 Å². The highest BCUT2D eigenvalue weighted by atomic mass is 79.9. The minimum Gasteiger partial charge on any atom is -0.374 e. The molecule has 0 heterocycles. The molecule has 2 aromatic rings. The highest BCUT2D eigenvalue weighted by Gasteiger charge is 2.15. The number of halogens is 2. The number of carbonyl (C=O) groups is 1. The average Bonchev–Trinajstić information content (AvgIpc) is 2.56. The number of carbonyl (C=O) groups excluding carboxylic acids is 1. The molecule has 0 saturated heterocycles. The number of hydrogen-bond acceptors (Lipinski definition) is 3. The van der Waals surface area contributed by atoms with Gasteiger partial charge in [-0.25, -0.2) is 9.82 Å². The number of anilines is 1. The van der Waals surface area contributed by atoms with E-state index < -0.39 is 0 Å². The molecule has 2 rings (SSSR count). The van der Waals surface area contributed by atoms with Gasteiger partial charge in [0.2, 0.25) is 0 Å². The molecule has 0 aliphatic rings. The lowest BCUT2D eigenvalue weighted by Gasteiger charge is -2.16. The molecular formula is C17H17BrFN3O. The van der Waals surface area contributed by atoms with Crippen molar-refractivity contribution in [2.45, 2.75) is 19.4 Å². The summed E-state index contributed by atoms with van der Waals surface area (Å²) in [4.78, 5) is 12.1. The summed E-state index contributed by atoms with van der Waals surface area (Å²) in [6, 6.07) is 13.1. The molecule has 0 aromatic heterocycles. The van der Waals surface area contributed by atoms with Crippen LogP contribution in [0, 0.1) is 5.82 Å². The van der Waals surface area contributed by atoms with Crippen molar-refractivity contribution in [1.82, 2.24) is 5.43 Å². The Morgan fingerprint density at radius 1 is 1.22 bits per heavy atom. The van der Waals surface area contributed by atoms with Gasteiger partial charge in [0.05, 0.1) is 6.21 Å². The number of nitrogens with one attached hydrogen (secondary N) is 2. The maximum Gasteiger partial charge on any atom is 0.262 e. The third-order valence-corrected chi connectivity index (χ3v) is 3.70. The Morgan fingerprint density at radius 3 is 2.48 bits per heavy atom. The molecule has 4 nitrogen and oxygen atoms in total. The summed E-state index contributed by atoms with van der Waals surface area (Å²) in [5.41, 5.74) is 4.06. The number of hydrogen-bond donors (Lipinski definition) is 2. The first-order valence-corrected chi connectivity index (χ1v) is 7.98. The minimum atomic E-state index is -0.387. The summed E-state index contributed by atoms with van der Waals surface area (Å²) in [7, 11) is 0. The van der Waals surface area contributed by atoms with Crippen LogP contribution in [-0.2, 0) is 4.79 Å². The van der Waals surface area contributed by atoms with E-state index in [1.54, 1.807) is 12.1 Å². The van der Waals surface area contributed by atoms with E-state index in [0.29, 0.717) is 12.0 Å². The lowest BCUT2D eigenvalue weighted by molar-refractivity contribution is -0.121. The van der Waals surface area contributed by atoms with Gasteiger partial charge in [0.15, 0.2) is 0 Å². The molecule has 0 aliphatic carbocycles. The predicted octanol–water partition coefficient (Wildman–Crippen LogP) is 3.93. The first kappa shape index (κ1) is 17.1. The van der Waals surface area contributed by atoms with Crippen LogP contribution in [0.4, 0.5) is 10.1 Å². The summed E-state index contributed by atoms with van der Waals surface area (Å²) in [6.45, 7) is 1.92. The highest BCUT2D eigenvalue weighted by molar-refractivity contribution is 9.10. The van der Waals surface area contributed by atoms with Crippen molar-refractivity contribution in [1.29, 1.82) is 0 Å². The van der Waals surface area contributed by atoms with Gasteiger partial charge in [-0.05, 0) is 48.4 Å². The van der Waals surface area contributed by atoms with Crippen LogP contribution in [0.25, 0.3) is 0 Å². The van der Waals surface area contributed by atoms with E-state index in [-0.39, 0.29) is 17.8 Å². The van der Waals surface area contributed by atoms with E-state index in [2.05, 4.69) is 31.8 Å². The molecule has 6 heteroatoms. The summed E-state index contributed by atoms with van der Waals surface area (Å²) in [5.74, 6) is -0.537. The molecule has 1 atom stereocenters. The molecule has 23 heavy (non-hydrogen) atoms. The molecule has 0 aliphatic heterocycles. The fraction of sp³-hybridized carbons (Fsp3) is 0.176. The van der Waals surface area contributed by atoms with Gasteiger partial charge in [-0.15, -0.1) is 0 Å². The maximum absolute atomic E-state index is 12.8. The van der Waals surface area contributed by atoms with Crippen LogP contribution in [0.2, 0.25) is 0 Å². The molecule has 0 bridgehead atoms. The van der Waals surface area contributed by atoms with E-state index in [0.717, 1.165) is 10.2 Å². The lowest BCUT2D eigenvalue weighted by Crippen LogP contribution is -2.36. The first-order chi connectivity index (χ1) is 11.1. The smallest absolute Gasteiger partial charge is 0.262 e. The molecule has 1 amide bonds. The summed E-state index contributed by atoms with van der Waals surface area (Å²) < 4.78 is 13.8. The Bertz CT molecular complexity index is 671. The second kappa shape index (κ2) is 8.43. The van der Waals surface area contributed by atoms with Gasteiger partial charge in [-0.1, -0.05) is 35.0 Å². The molecule has 2 aromatic carbocycles. The van der Waals surface area contributed by atoms with Crippen molar-refractivity contribution in [3.05, 3.63) is 64.4 Å². The minimum absolute atomic E-state index is 0.228. The number of amides is 1. The van der Waals surface area contributed by atoms with Crippen LogP contribution in [0.15, 0.2) is 58.1 Å². The average molecular weight is 378 g/mol. The highest BCUT2D eigenvalue weighted by Crippen LogP contribution is 2.15. The summed E-state index contributed by atoms with van der Waals surface area (Å²) in [6.07, 6.45) is 2.09. The fourth-order valence-corrected chi connectivity index (χ4v) is 2.16. The van der Waals surface area contributed by atoms with E-state index in [4.69, 9.17) is 0 Å². The predicted molar refractivity (Wildman–Crippen MR) is 94.0 cm³/mol. The van der Waals surface area contributed by atoms with E-state index >= 15 is 0 Å². The first-order valence-electron chi connectivity index (χ1n) is 7.19. The SMILES string of the molecule is CCC(Nc1ccc(Br)cc1)C(=O)N/N=C/c1ccc(F)cc1. The Kier molecular flexibility index (Phi) is 6.29. The second-order valence-corrected chi connectivity index (χ2v) is 5.81. The Morgan fingerprint density at radius 2 is 1.87 bits per heavy atom. The Hall–Kier alpha value is -2.21. The Balaban J connectivity index is 1.91. The van der Waals surface area contributed by atoms with Gasteiger partial charge < -0.3 is 5.32 Å². The normalized spacial score (nSPS) is 12.1. The molecule has 0 radical (unpaired) electrons. The zero-order valence-corrected chi connectivity index (χ0v) is 14.2. The molecular weight excluding hydrogens is 361 g/mol. The van der Waals surface area contributed by atoms with Crippen molar-refractivity contribution in [3.63, 3.8) is 0 Å². The second-order valence-electron chi connectivity index (χ2n) is 4.90. The van der Waals surface area contributed by atoms with Gasteiger partial charge in [0.25, 0.3) is 5.91 Å². The van der Waals surface area contributed by atoms with Gasteiger partial charge in [0, 0.05) is 10.2 Å². The van der Waals surface area contributed by atoms with E-state index in [1.807, 2.05) is 31.2 Å². The Labute approximate surface area is 142 Å². The summed E-state index contributed by atoms with van der Waals surface area (Å²) in [5, 5.41) is 7.06. The van der Waals surface area contributed by atoms with Crippen LogP contribution >= 0.6 is 15.9 Å². The number of rotatable bonds is 6. The van der Waals surface area contributed by atoms with Crippen LogP contribution in [0.3, 0.4) is 0 Å². The molecule has 0 fully saturated rings. The van der Waals surface area contributed by atoms with E-state index in [9.17, 15) is 9.18 Å². The van der Waals surface area contributed by atoms with Crippen LogP contribution < -0.4 is 10.7 Å². The third-order valence-electron chi connectivity index (χ3n) is 3.17. The molecule has 120 valence electrons. The monoisotopic (exact) mass is 377 g/mol. The number of hydrazone groups is 1. The zero-order chi connectivity index (χ0) is 16.7. The van der Waals surface area contributed by atoms with Crippen molar-refractivity contribution in [2.24, 2.45) is 5.10 Å². The third kappa shape index (κ3) is 5.49. The lowest BCUT2D eigenvalue weighted by atomic mass is 10.2. The largest absolute Gasteiger partial charge is 0.374 e. The van der Waals surface area contributed by atoms with Crippen molar-refractivity contribution < 1.29 is 9.18 Å². The standard InChI is InChI=1S/C17H17BrFN3O/c1-2-16(21-15-9-5-13(18)6-10-15)17(23)22-20-11-12-3-7-14(19)8-4-12/h3-11,16,21H,2H2,1H3,(H,22,23)/b20-11+. The van der Waals surface area contributed by atoms with Crippen LogP contribution in [0.5, 0.6) is 0 Å². The van der Waals surface area contributed by atoms with Crippen molar-refractivity contribution in [3.8, 4) is 0 Å². The summed E-state index contributed by atoms with van der Waals surface area (Å²) >= 11 is 3.37. The molecule has 2 N–H and O–H groups in total. The number of nitrogens with zero attached hydrogens (tertiary/aromatic N) is 1. The number of benzene rings is 2. The maximum atomic E-state index is 12.8. The fourth-order valence-electron chi connectivity index (χ4n) is 1.90. The quantitative estimate of drug-likeness (QED) is 0.591. The molecule has 0 saturated carbocycles.